The van der Waals surface area contributed by atoms with Gasteiger partial charge in [-0.05, 0) is 31.8 Å². The molecule has 3 rings (SSSR count). The van der Waals surface area contributed by atoms with Gasteiger partial charge in [0.05, 0.1) is 12.8 Å². The predicted molar refractivity (Wildman–Crippen MR) is 108 cm³/mol. The van der Waals surface area contributed by atoms with Crippen LogP contribution >= 0.6 is 11.3 Å². The molecule has 0 atom stereocenters. The van der Waals surface area contributed by atoms with Crippen molar-refractivity contribution >= 4 is 22.4 Å². The van der Waals surface area contributed by atoms with E-state index in [4.69, 9.17) is 4.74 Å². The van der Waals surface area contributed by atoms with Gasteiger partial charge in [0.1, 0.15) is 17.3 Å². The van der Waals surface area contributed by atoms with Gasteiger partial charge in [0.25, 0.3) is 11.5 Å². The molecule has 8 nitrogen and oxygen atoms in total. The van der Waals surface area contributed by atoms with Gasteiger partial charge < -0.3 is 14.6 Å². The molecule has 0 aliphatic carbocycles. The molecule has 0 spiro atoms. The summed E-state index contributed by atoms with van der Waals surface area (Å²) < 4.78 is 5.13. The minimum Gasteiger partial charge on any atom is -0.497 e. The minimum absolute atomic E-state index is 0.0524. The first-order valence-electron chi connectivity index (χ1n) is 8.56. The maximum absolute atomic E-state index is 12.5. The van der Waals surface area contributed by atoms with Crippen LogP contribution in [0.1, 0.15) is 27.6 Å². The lowest BCUT2D eigenvalue weighted by molar-refractivity contribution is 0.102. The van der Waals surface area contributed by atoms with Crippen LogP contribution < -0.4 is 15.6 Å². The van der Waals surface area contributed by atoms with Crippen LogP contribution in [0.2, 0.25) is 0 Å². The first-order chi connectivity index (χ1) is 13.4. The Morgan fingerprint density at radius 2 is 2.00 bits per heavy atom. The summed E-state index contributed by atoms with van der Waals surface area (Å²) in [5, 5.41) is 5.06. The molecule has 1 aromatic carbocycles. The number of nitrogens with zero attached hydrogens (tertiary/aromatic N) is 3. The maximum atomic E-state index is 12.5. The second kappa shape index (κ2) is 8.77. The van der Waals surface area contributed by atoms with Gasteiger partial charge >= 0.3 is 0 Å². The van der Waals surface area contributed by atoms with E-state index in [2.05, 4.69) is 20.3 Å². The normalized spacial score (nSPS) is 10.9. The first kappa shape index (κ1) is 19.7. The Hall–Kier alpha value is -3.04. The number of hydrogen-bond donors (Lipinski definition) is 2. The molecule has 146 valence electrons. The topological polar surface area (TPSA) is 100 Å². The third-order valence-electron chi connectivity index (χ3n) is 3.80. The van der Waals surface area contributed by atoms with E-state index >= 15 is 0 Å². The van der Waals surface area contributed by atoms with Gasteiger partial charge in [-0.2, -0.15) is 0 Å². The van der Waals surface area contributed by atoms with E-state index in [-0.39, 0.29) is 11.3 Å². The first-order valence-corrected chi connectivity index (χ1v) is 9.44. The molecule has 0 bridgehead atoms. The highest BCUT2D eigenvalue weighted by Crippen LogP contribution is 2.17. The Labute approximate surface area is 166 Å². The molecule has 0 saturated heterocycles. The third-order valence-corrected chi connectivity index (χ3v) is 4.61. The van der Waals surface area contributed by atoms with Gasteiger partial charge in [-0.25, -0.2) is 9.97 Å². The fourth-order valence-electron chi connectivity index (χ4n) is 2.57. The highest BCUT2D eigenvalue weighted by atomic mass is 32.1. The zero-order chi connectivity index (χ0) is 20.1. The summed E-state index contributed by atoms with van der Waals surface area (Å²) in [6.07, 6.45) is 0.393. The van der Waals surface area contributed by atoms with Gasteiger partial charge in [0.2, 0.25) is 0 Å². The molecule has 0 unspecified atom stereocenters. The van der Waals surface area contributed by atoms with Crippen LogP contribution in [0.5, 0.6) is 5.75 Å². The largest absolute Gasteiger partial charge is 0.497 e. The number of hydrogen-bond acceptors (Lipinski definition) is 7. The van der Waals surface area contributed by atoms with Crippen LogP contribution in [0.3, 0.4) is 0 Å². The predicted octanol–water partition coefficient (Wildman–Crippen LogP) is 2.14. The lowest BCUT2D eigenvalue weighted by Gasteiger charge is -2.06. The van der Waals surface area contributed by atoms with E-state index < -0.39 is 5.91 Å². The number of rotatable bonds is 7. The van der Waals surface area contributed by atoms with Crippen LogP contribution in [0, 0.1) is 0 Å². The number of ether oxygens (including phenoxy) is 1. The SMILES string of the molecule is COc1ccc(Cc2nc(C(=O)Nc3nc(CN(C)C)cs3)cc(=O)[nH]2)cc1. The summed E-state index contributed by atoms with van der Waals surface area (Å²) in [6, 6.07) is 8.61. The van der Waals surface area contributed by atoms with Crippen molar-refractivity contribution in [2.75, 3.05) is 26.5 Å². The number of benzene rings is 1. The molecular formula is C19H21N5O3S. The van der Waals surface area contributed by atoms with E-state index in [1.54, 1.807) is 7.11 Å². The fourth-order valence-corrected chi connectivity index (χ4v) is 3.26. The summed E-state index contributed by atoms with van der Waals surface area (Å²) in [5.41, 5.74) is 1.48. The van der Waals surface area contributed by atoms with Crippen LogP contribution in [0.15, 0.2) is 40.5 Å². The molecular weight excluding hydrogens is 378 g/mol. The summed E-state index contributed by atoms with van der Waals surface area (Å²) in [4.78, 5) is 37.8. The highest BCUT2D eigenvalue weighted by molar-refractivity contribution is 7.13. The molecule has 2 heterocycles. The van der Waals surface area contributed by atoms with Crippen molar-refractivity contribution in [3.8, 4) is 5.75 Å². The van der Waals surface area contributed by atoms with E-state index in [1.165, 1.54) is 17.4 Å². The average molecular weight is 399 g/mol. The smallest absolute Gasteiger partial charge is 0.276 e. The molecule has 2 aromatic heterocycles. The van der Waals surface area contributed by atoms with Crippen LogP contribution in [-0.2, 0) is 13.0 Å². The molecule has 0 aliphatic heterocycles. The van der Waals surface area contributed by atoms with Crippen molar-refractivity contribution < 1.29 is 9.53 Å². The van der Waals surface area contributed by atoms with Crippen molar-refractivity contribution in [3.63, 3.8) is 0 Å². The quantitative estimate of drug-likeness (QED) is 0.631. The lowest BCUT2D eigenvalue weighted by atomic mass is 10.1. The number of aromatic nitrogens is 3. The lowest BCUT2D eigenvalue weighted by Crippen LogP contribution is -2.20. The summed E-state index contributed by atoms with van der Waals surface area (Å²) in [6.45, 7) is 0.682. The number of thiazole rings is 1. The summed E-state index contributed by atoms with van der Waals surface area (Å²) in [7, 11) is 5.49. The number of carbonyl (C=O) groups is 1. The van der Waals surface area contributed by atoms with Crippen molar-refractivity contribution in [1.29, 1.82) is 0 Å². The van der Waals surface area contributed by atoms with Gasteiger partial charge in [0, 0.05) is 24.4 Å². The van der Waals surface area contributed by atoms with Crippen LogP contribution in [0.4, 0.5) is 5.13 Å². The summed E-state index contributed by atoms with van der Waals surface area (Å²) >= 11 is 1.33. The van der Waals surface area contributed by atoms with Crippen molar-refractivity contribution in [2.24, 2.45) is 0 Å². The number of carbonyl (C=O) groups excluding carboxylic acids is 1. The number of aromatic amines is 1. The van der Waals surface area contributed by atoms with Crippen molar-refractivity contribution in [3.05, 3.63) is 68.8 Å². The Morgan fingerprint density at radius 3 is 2.68 bits per heavy atom. The average Bonchev–Trinajstić information content (AvgIpc) is 3.08. The molecule has 0 aliphatic rings. The zero-order valence-corrected chi connectivity index (χ0v) is 16.7. The molecule has 9 heteroatoms. The van der Waals surface area contributed by atoms with Crippen LogP contribution in [0.25, 0.3) is 0 Å². The zero-order valence-electron chi connectivity index (χ0n) is 15.9. The van der Waals surface area contributed by atoms with Gasteiger partial charge in [0.15, 0.2) is 5.13 Å². The molecule has 2 N–H and O–H groups in total. The second-order valence-corrected chi connectivity index (χ2v) is 7.30. The molecule has 0 saturated carbocycles. The van der Waals surface area contributed by atoms with E-state index in [9.17, 15) is 9.59 Å². The molecule has 0 radical (unpaired) electrons. The number of H-pyrrole nitrogens is 1. The Balaban J connectivity index is 1.73. The van der Waals surface area contributed by atoms with Gasteiger partial charge in [-0.1, -0.05) is 12.1 Å². The monoisotopic (exact) mass is 399 g/mol. The third kappa shape index (κ3) is 5.24. The molecule has 0 fully saturated rings. The van der Waals surface area contributed by atoms with E-state index in [0.717, 1.165) is 17.0 Å². The van der Waals surface area contributed by atoms with E-state index in [1.807, 2.05) is 48.6 Å². The number of amides is 1. The Morgan fingerprint density at radius 1 is 1.25 bits per heavy atom. The molecule has 3 aromatic rings. The van der Waals surface area contributed by atoms with Crippen LogP contribution in [-0.4, -0.2) is 47.0 Å². The highest BCUT2D eigenvalue weighted by Gasteiger charge is 2.13. The standard InChI is InChI=1S/C19H21N5O3S/c1-24(2)10-13-11-28-19(20-13)23-18(26)15-9-17(25)22-16(21-15)8-12-4-6-14(27-3)7-5-12/h4-7,9,11H,8,10H2,1-3H3,(H,20,23,26)(H,21,22,25). The van der Waals surface area contributed by atoms with Crippen molar-refractivity contribution in [2.45, 2.75) is 13.0 Å². The van der Waals surface area contributed by atoms with Gasteiger partial charge in [-0.15, -0.1) is 11.3 Å². The molecule has 28 heavy (non-hydrogen) atoms. The Bertz CT molecular complexity index is 1010. The van der Waals surface area contributed by atoms with Crippen molar-refractivity contribution in [1.82, 2.24) is 19.9 Å². The maximum Gasteiger partial charge on any atom is 0.276 e. The van der Waals surface area contributed by atoms with Gasteiger partial charge in [-0.3, -0.25) is 14.9 Å². The number of methoxy groups -OCH3 is 1. The number of nitrogens with one attached hydrogen (secondary N) is 2. The second-order valence-electron chi connectivity index (χ2n) is 6.44. The van der Waals surface area contributed by atoms with E-state index in [0.29, 0.717) is 23.9 Å². The fraction of sp³-hybridized carbons (Fsp3) is 0.263. The Kier molecular flexibility index (Phi) is 6.17. The minimum atomic E-state index is -0.465. The molecule has 1 amide bonds. The summed E-state index contributed by atoms with van der Waals surface area (Å²) in [5.74, 6) is 0.693. The number of anilines is 1.